The van der Waals surface area contributed by atoms with Crippen LogP contribution in [-0.2, 0) is 4.74 Å². The third kappa shape index (κ3) is 2.62. The van der Waals surface area contributed by atoms with Gasteiger partial charge in [-0.3, -0.25) is 0 Å². The Morgan fingerprint density at radius 1 is 1.47 bits per heavy atom. The highest BCUT2D eigenvalue weighted by Crippen LogP contribution is 2.30. The molecule has 1 fully saturated rings. The van der Waals surface area contributed by atoms with E-state index >= 15 is 0 Å². The fourth-order valence-electron chi connectivity index (χ4n) is 2.05. The topological polar surface area (TPSA) is 45.0 Å². The summed E-state index contributed by atoms with van der Waals surface area (Å²) in [4.78, 5) is 0. The van der Waals surface area contributed by atoms with Crippen molar-refractivity contribution in [1.29, 1.82) is 5.26 Å². The van der Waals surface area contributed by atoms with Gasteiger partial charge in [0.25, 0.3) is 0 Å². The van der Waals surface area contributed by atoms with Crippen LogP contribution in [0.3, 0.4) is 0 Å². The molecule has 0 spiro atoms. The van der Waals surface area contributed by atoms with Gasteiger partial charge in [0.05, 0.1) is 12.7 Å². The lowest BCUT2D eigenvalue weighted by Gasteiger charge is -2.38. The van der Waals surface area contributed by atoms with Crippen LogP contribution in [0.25, 0.3) is 0 Å². The van der Waals surface area contributed by atoms with Gasteiger partial charge < -0.3 is 10.1 Å². The zero-order valence-electron chi connectivity index (χ0n) is 9.74. The van der Waals surface area contributed by atoms with Gasteiger partial charge in [0.15, 0.2) is 0 Å². The predicted molar refractivity (Wildman–Crippen MR) is 70.7 cm³/mol. The highest BCUT2D eigenvalue weighted by Gasteiger charge is 2.39. The van der Waals surface area contributed by atoms with Crippen LogP contribution in [0.2, 0.25) is 0 Å². The molecule has 1 N–H and O–H groups in total. The molecule has 0 amide bonds. The Hall–Kier alpha value is -1.05. The number of nitriles is 1. The maximum Gasteiger partial charge on any atom is 0.132 e. The van der Waals surface area contributed by atoms with Gasteiger partial charge in [-0.15, -0.1) is 0 Å². The zero-order valence-corrected chi connectivity index (χ0v) is 11.3. The molecule has 2 unspecified atom stereocenters. The number of hydrogen-bond acceptors (Lipinski definition) is 3. The predicted octanol–water partition coefficient (Wildman–Crippen LogP) is 3.18. The molecule has 1 saturated heterocycles. The molecular weight excluding hydrogens is 280 g/mol. The number of nitrogens with zero attached hydrogens (tertiary/aromatic N) is 1. The van der Waals surface area contributed by atoms with Crippen molar-refractivity contribution in [2.45, 2.75) is 18.9 Å². The molecule has 90 valence electrons. The quantitative estimate of drug-likeness (QED) is 0.911. The van der Waals surface area contributed by atoms with Crippen LogP contribution in [0.1, 0.15) is 13.3 Å². The second-order valence-corrected chi connectivity index (χ2v) is 5.36. The van der Waals surface area contributed by atoms with Crippen molar-refractivity contribution in [3.8, 4) is 6.07 Å². The molecule has 1 aliphatic heterocycles. The zero-order chi connectivity index (χ0) is 12.3. The van der Waals surface area contributed by atoms with E-state index in [0.717, 1.165) is 16.6 Å². The summed E-state index contributed by atoms with van der Waals surface area (Å²) in [6.07, 6.45) is 0.723. The molecule has 0 aliphatic carbocycles. The minimum absolute atomic E-state index is 0.185. The minimum atomic E-state index is -0.508. The highest BCUT2D eigenvalue weighted by molar-refractivity contribution is 9.10. The Kier molecular flexibility index (Phi) is 3.70. The molecule has 1 aliphatic rings. The number of rotatable bonds is 2. The Morgan fingerprint density at radius 2 is 2.18 bits per heavy atom. The van der Waals surface area contributed by atoms with Gasteiger partial charge in [-0.1, -0.05) is 22.9 Å². The van der Waals surface area contributed by atoms with E-state index in [2.05, 4.69) is 27.3 Å². The fourth-order valence-corrected chi connectivity index (χ4v) is 2.32. The molecule has 1 aromatic carbocycles. The van der Waals surface area contributed by atoms with E-state index in [1.165, 1.54) is 0 Å². The second-order valence-electron chi connectivity index (χ2n) is 4.44. The maximum atomic E-state index is 9.45. The normalized spacial score (nSPS) is 28.4. The summed E-state index contributed by atoms with van der Waals surface area (Å²) >= 11 is 3.40. The Bertz CT molecular complexity index is 426. The molecule has 2 atom stereocenters. The van der Waals surface area contributed by atoms with Gasteiger partial charge in [0, 0.05) is 29.1 Å². The Morgan fingerprint density at radius 3 is 2.76 bits per heavy atom. The van der Waals surface area contributed by atoms with Crippen molar-refractivity contribution in [3.05, 3.63) is 28.7 Å². The number of ether oxygens (including phenoxy) is 1. The molecule has 1 aromatic rings. The highest BCUT2D eigenvalue weighted by atomic mass is 79.9. The first-order valence-electron chi connectivity index (χ1n) is 5.69. The molecule has 0 saturated carbocycles. The maximum absolute atomic E-state index is 9.45. The summed E-state index contributed by atoms with van der Waals surface area (Å²) in [5.41, 5.74) is 0.468. The molecular formula is C13H15BrN2O. The molecule has 0 radical (unpaired) electrons. The van der Waals surface area contributed by atoms with Crippen LogP contribution in [-0.4, -0.2) is 18.8 Å². The van der Waals surface area contributed by atoms with Crippen LogP contribution >= 0.6 is 15.9 Å². The van der Waals surface area contributed by atoms with Crippen LogP contribution in [0, 0.1) is 17.2 Å². The number of benzene rings is 1. The number of halogens is 1. The van der Waals surface area contributed by atoms with Gasteiger partial charge >= 0.3 is 0 Å². The average molecular weight is 295 g/mol. The van der Waals surface area contributed by atoms with Gasteiger partial charge in [-0.25, -0.2) is 0 Å². The number of anilines is 1. The lowest BCUT2D eigenvalue weighted by molar-refractivity contribution is 0.0351. The first-order chi connectivity index (χ1) is 8.16. The first-order valence-corrected chi connectivity index (χ1v) is 6.48. The summed E-state index contributed by atoms with van der Waals surface area (Å²) in [6, 6.07) is 10.3. The minimum Gasteiger partial charge on any atom is -0.381 e. The standard InChI is InChI=1S/C13H15BrN2O/c1-10-8-17-7-6-13(10,9-15)16-12-4-2-11(14)3-5-12/h2-5,10,16H,6-8H2,1H3. The van der Waals surface area contributed by atoms with Crippen molar-refractivity contribution >= 4 is 21.6 Å². The number of hydrogen-bond donors (Lipinski definition) is 1. The van der Waals surface area contributed by atoms with E-state index in [9.17, 15) is 5.26 Å². The van der Waals surface area contributed by atoms with E-state index in [-0.39, 0.29) is 5.92 Å². The Labute approximate surface area is 110 Å². The van der Waals surface area contributed by atoms with Gasteiger partial charge in [0.2, 0.25) is 0 Å². The lowest BCUT2D eigenvalue weighted by atomic mass is 9.82. The first kappa shape index (κ1) is 12.4. The van der Waals surface area contributed by atoms with Crippen molar-refractivity contribution in [3.63, 3.8) is 0 Å². The van der Waals surface area contributed by atoms with E-state index in [1.807, 2.05) is 31.2 Å². The van der Waals surface area contributed by atoms with Crippen LogP contribution in [0.5, 0.6) is 0 Å². The van der Waals surface area contributed by atoms with Crippen molar-refractivity contribution in [2.24, 2.45) is 5.92 Å². The lowest BCUT2D eigenvalue weighted by Crippen LogP contribution is -2.49. The third-order valence-electron chi connectivity index (χ3n) is 3.26. The summed E-state index contributed by atoms with van der Waals surface area (Å²) in [5.74, 6) is 0.185. The number of nitrogens with one attached hydrogen (secondary N) is 1. The molecule has 0 bridgehead atoms. The van der Waals surface area contributed by atoms with Gasteiger partial charge in [-0.2, -0.15) is 5.26 Å². The van der Waals surface area contributed by atoms with Crippen LogP contribution in [0.15, 0.2) is 28.7 Å². The molecule has 1 heterocycles. The second kappa shape index (κ2) is 5.07. The van der Waals surface area contributed by atoms with Gasteiger partial charge in [0.1, 0.15) is 5.54 Å². The summed E-state index contributed by atoms with van der Waals surface area (Å²) in [5, 5.41) is 12.8. The third-order valence-corrected chi connectivity index (χ3v) is 3.79. The van der Waals surface area contributed by atoms with E-state index in [4.69, 9.17) is 4.74 Å². The fraction of sp³-hybridized carbons (Fsp3) is 0.462. The molecule has 17 heavy (non-hydrogen) atoms. The van der Waals surface area contributed by atoms with Crippen molar-refractivity contribution in [1.82, 2.24) is 0 Å². The smallest absolute Gasteiger partial charge is 0.132 e. The Balaban J connectivity index is 2.19. The molecule has 2 rings (SSSR count). The summed E-state index contributed by atoms with van der Waals surface area (Å²) < 4.78 is 6.43. The van der Waals surface area contributed by atoms with Crippen molar-refractivity contribution < 1.29 is 4.74 Å². The summed E-state index contributed by atoms with van der Waals surface area (Å²) in [7, 11) is 0. The summed E-state index contributed by atoms with van der Waals surface area (Å²) in [6.45, 7) is 3.33. The molecule has 4 heteroatoms. The van der Waals surface area contributed by atoms with E-state index in [0.29, 0.717) is 13.2 Å². The van der Waals surface area contributed by atoms with Crippen LogP contribution < -0.4 is 5.32 Å². The van der Waals surface area contributed by atoms with E-state index < -0.39 is 5.54 Å². The molecule has 3 nitrogen and oxygen atoms in total. The van der Waals surface area contributed by atoms with Crippen LogP contribution in [0.4, 0.5) is 5.69 Å². The monoisotopic (exact) mass is 294 g/mol. The van der Waals surface area contributed by atoms with E-state index in [1.54, 1.807) is 0 Å². The largest absolute Gasteiger partial charge is 0.381 e. The average Bonchev–Trinajstić information content (AvgIpc) is 2.35. The SMILES string of the molecule is CC1COCCC1(C#N)Nc1ccc(Br)cc1. The molecule has 0 aromatic heterocycles. The van der Waals surface area contributed by atoms with Crippen molar-refractivity contribution in [2.75, 3.05) is 18.5 Å². The van der Waals surface area contributed by atoms with Gasteiger partial charge in [-0.05, 0) is 24.3 Å².